The van der Waals surface area contributed by atoms with E-state index >= 15 is 0 Å². The molecule has 0 aromatic carbocycles. The van der Waals surface area contributed by atoms with Crippen molar-refractivity contribution in [2.75, 3.05) is 53.4 Å². The second-order valence-electron chi connectivity index (χ2n) is 5.39. The van der Waals surface area contributed by atoms with Gasteiger partial charge in [0.25, 0.3) is 0 Å². The maximum Gasteiger partial charge on any atom is 0.223 e. The lowest BCUT2D eigenvalue weighted by Crippen LogP contribution is -2.53. The van der Waals surface area contributed by atoms with Crippen LogP contribution in [0.3, 0.4) is 0 Å². The third kappa shape index (κ3) is 4.63. The van der Waals surface area contributed by atoms with E-state index in [9.17, 15) is 8.42 Å². The Labute approximate surface area is 127 Å². The first kappa shape index (κ1) is 17.8. The summed E-state index contributed by atoms with van der Waals surface area (Å²) in [5.41, 5.74) is 5.56. The molecular formula is C12H26N4O2S2. The zero-order chi connectivity index (χ0) is 15.3. The molecule has 1 aliphatic heterocycles. The second kappa shape index (κ2) is 7.65. The summed E-state index contributed by atoms with van der Waals surface area (Å²) in [7, 11) is 0.675. The van der Waals surface area contributed by atoms with E-state index in [2.05, 4.69) is 9.80 Å². The van der Waals surface area contributed by atoms with Crippen LogP contribution in [0.15, 0.2) is 0 Å². The Kier molecular flexibility index (Phi) is 6.80. The molecule has 1 heterocycles. The van der Waals surface area contributed by atoms with Gasteiger partial charge in [0.05, 0.1) is 4.99 Å². The number of nitrogens with two attached hydrogens (primary N) is 1. The summed E-state index contributed by atoms with van der Waals surface area (Å²) in [4.78, 5) is 4.49. The molecule has 1 atom stereocenters. The number of hydrogen-bond donors (Lipinski definition) is 1. The van der Waals surface area contributed by atoms with Crippen LogP contribution in [0.4, 0.5) is 0 Å². The molecule has 118 valence electrons. The van der Waals surface area contributed by atoms with Gasteiger partial charge in [-0.15, -0.1) is 0 Å². The zero-order valence-electron chi connectivity index (χ0n) is 12.6. The lowest BCUT2D eigenvalue weighted by Gasteiger charge is -2.36. The molecule has 0 bridgehead atoms. The monoisotopic (exact) mass is 322 g/mol. The van der Waals surface area contributed by atoms with Crippen molar-refractivity contribution in [3.05, 3.63) is 0 Å². The highest BCUT2D eigenvalue weighted by molar-refractivity contribution is 7.92. The third-order valence-corrected chi connectivity index (χ3v) is 6.43. The molecule has 0 aromatic rings. The smallest absolute Gasteiger partial charge is 0.223 e. The first-order valence-electron chi connectivity index (χ1n) is 6.94. The van der Waals surface area contributed by atoms with Crippen LogP contribution in [0.1, 0.15) is 13.3 Å². The molecule has 1 unspecified atom stereocenters. The van der Waals surface area contributed by atoms with E-state index in [0.717, 1.165) is 26.2 Å². The van der Waals surface area contributed by atoms with Crippen LogP contribution in [0.5, 0.6) is 0 Å². The molecule has 0 spiro atoms. The summed E-state index contributed by atoms with van der Waals surface area (Å²) < 4.78 is 26.5. The zero-order valence-corrected chi connectivity index (χ0v) is 14.2. The standard InChI is InChI=1S/C12H26N4O2S2/c1-4-11(12(13)19)20(17,18)16-9-7-15(8-10-16)6-5-14(2)3/h11H,4-10H2,1-3H3,(H2,13,19). The van der Waals surface area contributed by atoms with E-state index < -0.39 is 15.3 Å². The van der Waals surface area contributed by atoms with Crippen molar-refractivity contribution < 1.29 is 8.42 Å². The van der Waals surface area contributed by atoms with Gasteiger partial charge >= 0.3 is 0 Å². The van der Waals surface area contributed by atoms with Gasteiger partial charge in [-0.3, -0.25) is 4.90 Å². The highest BCUT2D eigenvalue weighted by Gasteiger charge is 2.34. The summed E-state index contributed by atoms with van der Waals surface area (Å²) >= 11 is 4.88. The van der Waals surface area contributed by atoms with Gasteiger partial charge in [-0.1, -0.05) is 19.1 Å². The number of piperazine rings is 1. The number of likely N-dealkylation sites (N-methyl/N-ethyl adjacent to an activating group) is 1. The first-order chi connectivity index (χ1) is 9.28. The highest BCUT2D eigenvalue weighted by atomic mass is 32.2. The molecule has 8 heteroatoms. The average Bonchev–Trinajstić information content (AvgIpc) is 2.36. The van der Waals surface area contributed by atoms with Crippen LogP contribution < -0.4 is 5.73 Å². The predicted octanol–water partition coefficient (Wildman–Crippen LogP) is -0.440. The topological polar surface area (TPSA) is 69.9 Å². The molecule has 0 saturated carbocycles. The molecule has 2 N–H and O–H groups in total. The average molecular weight is 323 g/mol. The Morgan fingerprint density at radius 3 is 2.25 bits per heavy atom. The summed E-state index contributed by atoms with van der Waals surface area (Å²) in [6.45, 7) is 6.32. The fourth-order valence-electron chi connectivity index (χ4n) is 2.29. The molecule has 1 rings (SSSR count). The van der Waals surface area contributed by atoms with Crippen molar-refractivity contribution in [1.29, 1.82) is 0 Å². The number of rotatable bonds is 7. The van der Waals surface area contributed by atoms with Gasteiger partial charge < -0.3 is 10.6 Å². The summed E-state index contributed by atoms with van der Waals surface area (Å²) in [5.74, 6) is 0. The van der Waals surface area contributed by atoms with E-state index in [1.165, 1.54) is 4.31 Å². The molecule has 6 nitrogen and oxygen atoms in total. The van der Waals surface area contributed by atoms with Crippen molar-refractivity contribution >= 4 is 27.2 Å². The number of nitrogens with zero attached hydrogens (tertiary/aromatic N) is 3. The highest BCUT2D eigenvalue weighted by Crippen LogP contribution is 2.15. The predicted molar refractivity (Wildman–Crippen MR) is 86.4 cm³/mol. The lowest BCUT2D eigenvalue weighted by molar-refractivity contribution is 0.174. The van der Waals surface area contributed by atoms with Gasteiger partial charge in [0.15, 0.2) is 0 Å². The molecule has 1 saturated heterocycles. The second-order valence-corrected chi connectivity index (χ2v) is 7.97. The van der Waals surface area contributed by atoms with Gasteiger partial charge in [-0.2, -0.15) is 4.31 Å². The molecule has 1 fully saturated rings. The third-order valence-electron chi connectivity index (χ3n) is 3.60. The minimum atomic E-state index is -3.40. The SMILES string of the molecule is CCC(C(N)=S)S(=O)(=O)N1CCN(CCN(C)C)CC1. The molecule has 20 heavy (non-hydrogen) atoms. The fourth-order valence-corrected chi connectivity index (χ4v) is 4.57. The van der Waals surface area contributed by atoms with Crippen LogP contribution in [0.2, 0.25) is 0 Å². The van der Waals surface area contributed by atoms with E-state index in [1.54, 1.807) is 6.92 Å². The maximum atomic E-state index is 12.5. The van der Waals surface area contributed by atoms with Gasteiger partial charge in [-0.05, 0) is 20.5 Å². The summed E-state index contributed by atoms with van der Waals surface area (Å²) in [6.07, 6.45) is 0.429. The number of sulfonamides is 1. The molecule has 0 aliphatic carbocycles. The van der Waals surface area contributed by atoms with Crippen molar-refractivity contribution in [2.45, 2.75) is 18.6 Å². The Morgan fingerprint density at radius 1 is 1.30 bits per heavy atom. The van der Waals surface area contributed by atoms with Crippen LogP contribution in [0.25, 0.3) is 0 Å². The number of thiocarbonyl (C=S) groups is 1. The Hall–Kier alpha value is -0.280. The van der Waals surface area contributed by atoms with Gasteiger partial charge in [0.2, 0.25) is 10.0 Å². The molecule has 0 amide bonds. The molecular weight excluding hydrogens is 296 g/mol. The van der Waals surface area contributed by atoms with Gasteiger partial charge in [0.1, 0.15) is 5.25 Å². The van der Waals surface area contributed by atoms with E-state index in [4.69, 9.17) is 18.0 Å². The minimum Gasteiger partial charge on any atom is -0.392 e. The van der Waals surface area contributed by atoms with Gasteiger partial charge in [-0.25, -0.2) is 8.42 Å². The Morgan fingerprint density at radius 2 is 1.85 bits per heavy atom. The van der Waals surface area contributed by atoms with E-state index in [0.29, 0.717) is 19.5 Å². The number of hydrogen-bond acceptors (Lipinski definition) is 5. The van der Waals surface area contributed by atoms with Gasteiger partial charge in [0, 0.05) is 39.3 Å². The Balaban J connectivity index is 2.58. The van der Waals surface area contributed by atoms with Crippen molar-refractivity contribution in [3.63, 3.8) is 0 Å². The summed E-state index contributed by atoms with van der Waals surface area (Å²) in [5, 5.41) is -0.731. The quantitative estimate of drug-likeness (QED) is 0.641. The normalized spacial score (nSPS) is 20.2. The lowest BCUT2D eigenvalue weighted by atomic mass is 10.3. The van der Waals surface area contributed by atoms with Crippen LogP contribution in [-0.4, -0.2) is 86.1 Å². The maximum absolute atomic E-state index is 12.5. The van der Waals surface area contributed by atoms with Crippen molar-refractivity contribution in [1.82, 2.24) is 14.1 Å². The molecule has 0 aromatic heterocycles. The molecule has 1 aliphatic rings. The van der Waals surface area contributed by atoms with E-state index in [1.807, 2.05) is 14.1 Å². The van der Waals surface area contributed by atoms with Crippen LogP contribution >= 0.6 is 12.2 Å². The summed E-state index contributed by atoms with van der Waals surface area (Å²) in [6, 6.07) is 0. The van der Waals surface area contributed by atoms with Crippen LogP contribution in [-0.2, 0) is 10.0 Å². The first-order valence-corrected chi connectivity index (χ1v) is 8.85. The van der Waals surface area contributed by atoms with Crippen LogP contribution in [0, 0.1) is 0 Å². The minimum absolute atomic E-state index is 0.0718. The van der Waals surface area contributed by atoms with Crippen molar-refractivity contribution in [3.8, 4) is 0 Å². The fraction of sp³-hybridized carbons (Fsp3) is 0.917. The molecule has 0 radical (unpaired) electrons. The Bertz CT molecular complexity index is 417. The largest absolute Gasteiger partial charge is 0.392 e. The van der Waals surface area contributed by atoms with E-state index in [-0.39, 0.29) is 4.99 Å². The van der Waals surface area contributed by atoms with Crippen molar-refractivity contribution in [2.24, 2.45) is 5.73 Å².